The first-order chi connectivity index (χ1) is 7.02. The predicted octanol–water partition coefficient (Wildman–Crippen LogP) is 2.28. The van der Waals surface area contributed by atoms with E-state index in [9.17, 15) is 9.50 Å². The first-order valence-corrected chi connectivity index (χ1v) is 5.16. The van der Waals surface area contributed by atoms with Crippen LogP contribution in [0.4, 0.5) is 10.1 Å². The lowest BCUT2D eigenvalue weighted by Gasteiger charge is -2.24. The molecule has 1 atom stereocenters. The number of halogens is 1. The molecule has 0 aliphatic carbocycles. The van der Waals surface area contributed by atoms with Crippen molar-refractivity contribution in [2.75, 3.05) is 18.5 Å². The van der Waals surface area contributed by atoms with E-state index in [1.165, 1.54) is 6.07 Å². The van der Waals surface area contributed by atoms with Crippen LogP contribution in [0.2, 0.25) is 0 Å². The van der Waals surface area contributed by atoms with E-state index < -0.39 is 6.10 Å². The van der Waals surface area contributed by atoms with Crippen molar-refractivity contribution in [3.05, 3.63) is 30.1 Å². The van der Waals surface area contributed by atoms with Crippen molar-refractivity contribution in [2.24, 2.45) is 5.92 Å². The summed E-state index contributed by atoms with van der Waals surface area (Å²) < 4.78 is 13.4. The normalized spacial score (nSPS) is 12.9. The van der Waals surface area contributed by atoms with E-state index >= 15 is 0 Å². The lowest BCUT2D eigenvalue weighted by molar-refractivity contribution is 0.132. The average Bonchev–Trinajstić information content (AvgIpc) is 2.18. The lowest BCUT2D eigenvalue weighted by Crippen LogP contribution is -2.32. The van der Waals surface area contributed by atoms with Crippen LogP contribution in [0.3, 0.4) is 0 Å². The molecule has 1 N–H and O–H groups in total. The molecule has 0 heterocycles. The molecule has 15 heavy (non-hydrogen) atoms. The van der Waals surface area contributed by atoms with Gasteiger partial charge in [0, 0.05) is 13.6 Å². The van der Waals surface area contributed by atoms with Crippen molar-refractivity contribution in [3.63, 3.8) is 0 Å². The van der Waals surface area contributed by atoms with Gasteiger partial charge in [-0.2, -0.15) is 0 Å². The van der Waals surface area contributed by atoms with Crippen LogP contribution in [-0.2, 0) is 0 Å². The molecule has 1 rings (SSSR count). The fourth-order valence-electron chi connectivity index (χ4n) is 1.35. The summed E-state index contributed by atoms with van der Waals surface area (Å²) in [7, 11) is 1.78. The van der Waals surface area contributed by atoms with E-state index in [4.69, 9.17) is 0 Å². The molecule has 0 spiro atoms. The Morgan fingerprint density at radius 2 is 1.93 bits per heavy atom. The van der Waals surface area contributed by atoms with E-state index in [1.807, 2.05) is 13.8 Å². The summed E-state index contributed by atoms with van der Waals surface area (Å²) >= 11 is 0. The minimum absolute atomic E-state index is 0.180. The van der Waals surface area contributed by atoms with Crippen molar-refractivity contribution in [3.8, 4) is 0 Å². The number of anilines is 1. The molecular weight excluding hydrogens is 193 g/mol. The molecule has 0 saturated heterocycles. The van der Waals surface area contributed by atoms with Gasteiger partial charge in [-0.15, -0.1) is 0 Å². The van der Waals surface area contributed by atoms with Gasteiger partial charge in [0.1, 0.15) is 5.82 Å². The summed E-state index contributed by atoms with van der Waals surface area (Å²) in [6.45, 7) is 4.33. The summed E-state index contributed by atoms with van der Waals surface area (Å²) in [5.74, 6) is -0.0739. The van der Waals surface area contributed by atoms with Crippen molar-refractivity contribution in [1.82, 2.24) is 0 Å². The van der Waals surface area contributed by atoms with Gasteiger partial charge >= 0.3 is 0 Å². The Kier molecular flexibility index (Phi) is 4.09. The molecule has 0 saturated carbocycles. The molecule has 0 radical (unpaired) electrons. The number of nitrogens with zero attached hydrogens (tertiary/aromatic N) is 1. The van der Waals surface area contributed by atoms with Gasteiger partial charge in [-0.05, 0) is 18.1 Å². The number of hydrogen-bond acceptors (Lipinski definition) is 2. The Balaban J connectivity index is 2.69. The maximum atomic E-state index is 13.4. The molecule has 3 heteroatoms. The smallest absolute Gasteiger partial charge is 0.146 e. The topological polar surface area (TPSA) is 23.5 Å². The number of aliphatic hydroxyl groups is 1. The second kappa shape index (κ2) is 5.12. The molecule has 0 bridgehead atoms. The number of rotatable bonds is 4. The van der Waals surface area contributed by atoms with Gasteiger partial charge in [-0.1, -0.05) is 26.0 Å². The van der Waals surface area contributed by atoms with E-state index in [0.717, 1.165) is 0 Å². The van der Waals surface area contributed by atoms with Crippen molar-refractivity contribution in [1.29, 1.82) is 0 Å². The van der Waals surface area contributed by atoms with Crippen LogP contribution >= 0.6 is 0 Å². The van der Waals surface area contributed by atoms with Crippen LogP contribution in [0.5, 0.6) is 0 Å². The third-order valence-corrected chi connectivity index (χ3v) is 2.49. The average molecular weight is 211 g/mol. The van der Waals surface area contributed by atoms with Crippen LogP contribution in [0, 0.1) is 11.7 Å². The monoisotopic (exact) mass is 211 g/mol. The maximum absolute atomic E-state index is 13.4. The number of likely N-dealkylation sites (N-methyl/N-ethyl adjacent to an activating group) is 1. The molecule has 84 valence electrons. The van der Waals surface area contributed by atoms with E-state index in [1.54, 1.807) is 30.1 Å². The second-order valence-electron chi connectivity index (χ2n) is 4.14. The third-order valence-electron chi connectivity index (χ3n) is 2.49. The van der Waals surface area contributed by atoms with Gasteiger partial charge in [0.15, 0.2) is 0 Å². The van der Waals surface area contributed by atoms with Crippen LogP contribution in [0.25, 0.3) is 0 Å². The summed E-state index contributed by atoms with van der Waals surface area (Å²) in [6.07, 6.45) is -0.436. The zero-order chi connectivity index (χ0) is 11.4. The van der Waals surface area contributed by atoms with E-state index in [0.29, 0.717) is 12.2 Å². The quantitative estimate of drug-likeness (QED) is 0.826. The molecule has 2 nitrogen and oxygen atoms in total. The molecule has 1 aromatic carbocycles. The van der Waals surface area contributed by atoms with Crippen LogP contribution < -0.4 is 4.90 Å². The fraction of sp³-hybridized carbons (Fsp3) is 0.500. The summed E-state index contributed by atoms with van der Waals surface area (Å²) in [6, 6.07) is 6.58. The Labute approximate surface area is 90.3 Å². The van der Waals surface area contributed by atoms with Crippen molar-refractivity contribution >= 4 is 5.69 Å². The van der Waals surface area contributed by atoms with E-state index in [2.05, 4.69) is 0 Å². The highest BCUT2D eigenvalue weighted by Crippen LogP contribution is 2.18. The third kappa shape index (κ3) is 3.20. The number of aliphatic hydroxyl groups excluding tert-OH is 1. The van der Waals surface area contributed by atoms with Crippen LogP contribution in [-0.4, -0.2) is 24.8 Å². The minimum Gasteiger partial charge on any atom is -0.391 e. The number of benzene rings is 1. The molecule has 0 aromatic heterocycles. The fourth-order valence-corrected chi connectivity index (χ4v) is 1.35. The van der Waals surface area contributed by atoms with Crippen molar-refractivity contribution in [2.45, 2.75) is 20.0 Å². The SMILES string of the molecule is CC(C)C(O)CN(C)c1ccccc1F. The second-order valence-corrected chi connectivity index (χ2v) is 4.14. The Morgan fingerprint density at radius 3 is 2.47 bits per heavy atom. The van der Waals surface area contributed by atoms with Gasteiger partial charge < -0.3 is 10.0 Å². The molecule has 0 amide bonds. The zero-order valence-corrected chi connectivity index (χ0v) is 9.44. The molecule has 0 fully saturated rings. The van der Waals surface area contributed by atoms with Crippen molar-refractivity contribution < 1.29 is 9.50 Å². The predicted molar refractivity (Wildman–Crippen MR) is 60.5 cm³/mol. The minimum atomic E-state index is -0.436. The largest absolute Gasteiger partial charge is 0.391 e. The first-order valence-electron chi connectivity index (χ1n) is 5.16. The van der Waals surface area contributed by atoms with Crippen LogP contribution in [0.15, 0.2) is 24.3 Å². The zero-order valence-electron chi connectivity index (χ0n) is 9.44. The summed E-state index contributed by atoms with van der Waals surface area (Å²) in [4.78, 5) is 1.74. The van der Waals surface area contributed by atoms with Gasteiger partial charge in [-0.3, -0.25) is 0 Å². The van der Waals surface area contributed by atoms with Gasteiger partial charge in [0.25, 0.3) is 0 Å². The highest BCUT2D eigenvalue weighted by Gasteiger charge is 2.14. The molecule has 1 unspecified atom stereocenters. The highest BCUT2D eigenvalue weighted by molar-refractivity contribution is 5.46. The Morgan fingerprint density at radius 1 is 1.33 bits per heavy atom. The maximum Gasteiger partial charge on any atom is 0.146 e. The van der Waals surface area contributed by atoms with Crippen LogP contribution in [0.1, 0.15) is 13.8 Å². The van der Waals surface area contributed by atoms with Gasteiger partial charge in [0.05, 0.1) is 11.8 Å². The lowest BCUT2D eigenvalue weighted by atomic mass is 10.1. The Hall–Kier alpha value is -1.09. The molecular formula is C12H18FNO. The number of para-hydroxylation sites is 1. The van der Waals surface area contributed by atoms with Gasteiger partial charge in [0.2, 0.25) is 0 Å². The summed E-state index contributed by atoms with van der Waals surface area (Å²) in [5.41, 5.74) is 0.525. The first kappa shape index (κ1) is 12.0. The molecule has 0 aliphatic heterocycles. The Bertz CT molecular complexity index is 314. The molecule has 1 aromatic rings. The summed E-state index contributed by atoms with van der Waals surface area (Å²) in [5, 5.41) is 9.68. The standard InChI is InChI=1S/C12H18FNO/c1-9(2)12(15)8-14(3)11-7-5-4-6-10(11)13/h4-7,9,12,15H,8H2,1-3H3. The van der Waals surface area contributed by atoms with E-state index in [-0.39, 0.29) is 11.7 Å². The highest BCUT2D eigenvalue weighted by atomic mass is 19.1. The van der Waals surface area contributed by atoms with Gasteiger partial charge in [-0.25, -0.2) is 4.39 Å². The molecule has 0 aliphatic rings. The number of hydrogen-bond donors (Lipinski definition) is 1.